The Balaban J connectivity index is 2.25. The molecular weight excluding hydrogens is 312 g/mol. The predicted molar refractivity (Wildman–Crippen MR) is 75.5 cm³/mol. The third-order valence-electron chi connectivity index (χ3n) is 3.42. The molecule has 1 saturated heterocycles. The first kappa shape index (κ1) is 17.1. The summed E-state index contributed by atoms with van der Waals surface area (Å²) >= 11 is 0. The third-order valence-corrected chi connectivity index (χ3v) is 3.42. The number of benzene rings is 1. The molecule has 1 heterocycles. The number of hydrogen-bond acceptors (Lipinski definition) is 4. The summed E-state index contributed by atoms with van der Waals surface area (Å²) in [6.45, 7) is 1.22. The van der Waals surface area contributed by atoms with Gasteiger partial charge in [-0.2, -0.15) is 8.78 Å². The molecule has 2 rings (SSSR count). The fourth-order valence-electron chi connectivity index (χ4n) is 2.30. The Labute approximate surface area is 131 Å². The number of carbonyl (C=O) groups excluding carboxylic acids is 1. The monoisotopic (exact) mass is 329 g/mol. The van der Waals surface area contributed by atoms with Gasteiger partial charge in [0.2, 0.25) is 0 Å². The average Bonchev–Trinajstić information content (AvgIpc) is 2.55. The van der Waals surface area contributed by atoms with Crippen LogP contribution < -0.4 is 4.74 Å². The quantitative estimate of drug-likeness (QED) is 0.886. The Morgan fingerprint density at radius 1 is 1.43 bits per heavy atom. The van der Waals surface area contributed by atoms with Crippen LogP contribution in [0.15, 0.2) is 24.3 Å². The second kappa shape index (κ2) is 6.91. The molecule has 8 heteroatoms. The van der Waals surface area contributed by atoms with Crippen molar-refractivity contribution in [3.8, 4) is 5.75 Å². The summed E-state index contributed by atoms with van der Waals surface area (Å²) in [6.07, 6.45) is -1.30. The average molecular weight is 329 g/mol. The van der Waals surface area contributed by atoms with E-state index >= 15 is 0 Å². The Morgan fingerprint density at radius 3 is 2.78 bits per heavy atom. The standard InChI is InChI=1S/C15H17F2NO5/c1-2-22-11-6-4-3-5-10(11)15(16,17)14(21)18-7-8-23-12(9-18)13(19)20/h3-6,12H,2,7-9H2,1H3,(H,19,20). The number of rotatable bonds is 5. The van der Waals surface area contributed by atoms with Gasteiger partial charge in [-0.25, -0.2) is 4.79 Å². The summed E-state index contributed by atoms with van der Waals surface area (Å²) in [4.78, 5) is 23.9. The van der Waals surface area contributed by atoms with Crippen LogP contribution in [0.5, 0.6) is 5.75 Å². The van der Waals surface area contributed by atoms with Crippen molar-refractivity contribution in [2.45, 2.75) is 19.0 Å². The van der Waals surface area contributed by atoms with Crippen molar-refractivity contribution in [3.63, 3.8) is 0 Å². The molecule has 1 aliphatic rings. The fraction of sp³-hybridized carbons (Fsp3) is 0.467. The number of carboxylic acid groups (broad SMARTS) is 1. The van der Waals surface area contributed by atoms with E-state index in [0.717, 1.165) is 11.0 Å². The molecule has 0 bridgehead atoms. The molecule has 0 radical (unpaired) electrons. The first-order chi connectivity index (χ1) is 10.9. The van der Waals surface area contributed by atoms with Gasteiger partial charge < -0.3 is 19.5 Å². The minimum Gasteiger partial charge on any atom is -0.493 e. The lowest BCUT2D eigenvalue weighted by Gasteiger charge is -2.33. The van der Waals surface area contributed by atoms with Gasteiger partial charge in [0.1, 0.15) is 5.75 Å². The maximum atomic E-state index is 14.6. The molecule has 0 spiro atoms. The molecule has 1 fully saturated rings. The normalized spacial score (nSPS) is 18.6. The third kappa shape index (κ3) is 3.58. The number of amides is 1. The van der Waals surface area contributed by atoms with Gasteiger partial charge in [0.25, 0.3) is 5.91 Å². The molecule has 1 aromatic carbocycles. The van der Waals surface area contributed by atoms with E-state index in [1.807, 2.05) is 0 Å². The zero-order valence-electron chi connectivity index (χ0n) is 12.5. The van der Waals surface area contributed by atoms with Gasteiger partial charge in [-0.15, -0.1) is 0 Å². The highest BCUT2D eigenvalue weighted by atomic mass is 19.3. The minimum absolute atomic E-state index is 0.0728. The highest BCUT2D eigenvalue weighted by Crippen LogP contribution is 2.37. The van der Waals surface area contributed by atoms with Crippen molar-refractivity contribution in [2.75, 3.05) is 26.3 Å². The van der Waals surface area contributed by atoms with Crippen LogP contribution in [0.1, 0.15) is 12.5 Å². The Kier molecular flexibility index (Phi) is 5.15. The molecular formula is C15H17F2NO5. The van der Waals surface area contributed by atoms with E-state index in [2.05, 4.69) is 0 Å². The van der Waals surface area contributed by atoms with Crippen molar-refractivity contribution < 1.29 is 33.0 Å². The maximum absolute atomic E-state index is 14.6. The van der Waals surface area contributed by atoms with Crippen LogP contribution in [-0.2, 0) is 20.2 Å². The predicted octanol–water partition coefficient (Wildman–Crippen LogP) is 1.49. The molecule has 1 amide bonds. The summed E-state index contributed by atoms with van der Waals surface area (Å²) in [5.74, 6) is -6.64. The number of ether oxygens (including phenoxy) is 2. The molecule has 126 valence electrons. The molecule has 0 aliphatic carbocycles. The van der Waals surface area contributed by atoms with Gasteiger partial charge in [0.15, 0.2) is 6.10 Å². The first-order valence-electron chi connectivity index (χ1n) is 7.11. The van der Waals surface area contributed by atoms with E-state index in [0.29, 0.717) is 0 Å². The van der Waals surface area contributed by atoms with Crippen molar-refractivity contribution in [3.05, 3.63) is 29.8 Å². The Bertz CT molecular complexity index is 593. The summed E-state index contributed by atoms with van der Waals surface area (Å²) < 4.78 is 39.3. The van der Waals surface area contributed by atoms with E-state index < -0.39 is 36.0 Å². The highest BCUT2D eigenvalue weighted by molar-refractivity contribution is 5.86. The number of carbonyl (C=O) groups is 2. The first-order valence-corrected chi connectivity index (χ1v) is 7.11. The Hall–Kier alpha value is -2.22. The number of morpholine rings is 1. The number of alkyl halides is 2. The van der Waals surface area contributed by atoms with E-state index in [1.165, 1.54) is 18.2 Å². The summed E-state index contributed by atoms with van der Waals surface area (Å²) in [5.41, 5.74) is -0.537. The van der Waals surface area contributed by atoms with E-state index in [9.17, 15) is 18.4 Å². The van der Waals surface area contributed by atoms with Crippen LogP contribution in [-0.4, -0.2) is 54.3 Å². The molecule has 23 heavy (non-hydrogen) atoms. The molecule has 6 nitrogen and oxygen atoms in total. The van der Waals surface area contributed by atoms with Crippen LogP contribution in [0.3, 0.4) is 0 Å². The van der Waals surface area contributed by atoms with Gasteiger partial charge in [-0.1, -0.05) is 12.1 Å². The zero-order valence-corrected chi connectivity index (χ0v) is 12.5. The van der Waals surface area contributed by atoms with Crippen LogP contribution in [0.4, 0.5) is 8.78 Å². The molecule has 1 aliphatic heterocycles. The minimum atomic E-state index is -3.81. The number of para-hydroxylation sites is 1. The van der Waals surface area contributed by atoms with Gasteiger partial charge >= 0.3 is 11.9 Å². The summed E-state index contributed by atoms with van der Waals surface area (Å²) in [6, 6.07) is 5.40. The van der Waals surface area contributed by atoms with Gasteiger partial charge in [0, 0.05) is 6.54 Å². The van der Waals surface area contributed by atoms with Crippen LogP contribution in [0, 0.1) is 0 Å². The molecule has 1 N–H and O–H groups in total. The SMILES string of the molecule is CCOc1ccccc1C(F)(F)C(=O)N1CCOC(C(=O)O)C1. The van der Waals surface area contributed by atoms with Crippen LogP contribution in [0.2, 0.25) is 0 Å². The van der Waals surface area contributed by atoms with E-state index in [1.54, 1.807) is 6.92 Å². The zero-order chi connectivity index (χ0) is 17.0. The molecule has 1 atom stereocenters. The van der Waals surface area contributed by atoms with Crippen LogP contribution >= 0.6 is 0 Å². The van der Waals surface area contributed by atoms with Crippen molar-refractivity contribution in [2.24, 2.45) is 0 Å². The molecule has 0 aromatic heterocycles. The maximum Gasteiger partial charge on any atom is 0.353 e. The topological polar surface area (TPSA) is 76.1 Å². The highest BCUT2D eigenvalue weighted by Gasteiger charge is 2.47. The molecule has 1 aromatic rings. The number of hydrogen-bond donors (Lipinski definition) is 1. The van der Waals surface area contributed by atoms with Crippen molar-refractivity contribution in [1.82, 2.24) is 4.90 Å². The lowest BCUT2D eigenvalue weighted by atomic mass is 10.1. The summed E-state index contributed by atoms with van der Waals surface area (Å²) in [5, 5.41) is 8.90. The molecule has 1 unspecified atom stereocenters. The van der Waals surface area contributed by atoms with Gasteiger partial charge in [-0.3, -0.25) is 4.79 Å². The van der Waals surface area contributed by atoms with E-state index in [4.69, 9.17) is 14.6 Å². The largest absolute Gasteiger partial charge is 0.493 e. The van der Waals surface area contributed by atoms with Crippen molar-refractivity contribution in [1.29, 1.82) is 0 Å². The number of nitrogens with zero attached hydrogens (tertiary/aromatic N) is 1. The smallest absolute Gasteiger partial charge is 0.353 e. The number of halogens is 2. The van der Waals surface area contributed by atoms with E-state index in [-0.39, 0.29) is 25.5 Å². The number of aliphatic carboxylic acids is 1. The van der Waals surface area contributed by atoms with Crippen LogP contribution in [0.25, 0.3) is 0 Å². The Morgan fingerprint density at radius 2 is 2.13 bits per heavy atom. The fourth-order valence-corrected chi connectivity index (χ4v) is 2.30. The lowest BCUT2D eigenvalue weighted by molar-refractivity contribution is -0.172. The van der Waals surface area contributed by atoms with Gasteiger partial charge in [-0.05, 0) is 19.1 Å². The van der Waals surface area contributed by atoms with Crippen molar-refractivity contribution >= 4 is 11.9 Å². The second-order valence-corrected chi connectivity index (χ2v) is 4.95. The summed E-state index contributed by atoms with van der Waals surface area (Å²) in [7, 11) is 0. The number of carboxylic acids is 1. The van der Waals surface area contributed by atoms with Gasteiger partial charge in [0.05, 0.1) is 25.3 Å². The second-order valence-electron chi connectivity index (χ2n) is 4.95. The lowest BCUT2D eigenvalue weighted by Crippen LogP contribution is -2.52. The molecule has 0 saturated carbocycles.